The molecule has 0 saturated carbocycles. The average molecular weight is 284 g/mol. The lowest BCUT2D eigenvalue weighted by Gasteiger charge is -2.20. The molecule has 2 atom stereocenters. The molecular weight excluding hydrogens is 260 g/mol. The molecule has 0 amide bonds. The summed E-state index contributed by atoms with van der Waals surface area (Å²) in [6.07, 6.45) is 1.73. The molecular formula is C14H24N2O2S. The Labute approximate surface area is 116 Å². The van der Waals surface area contributed by atoms with Crippen molar-refractivity contribution >= 4 is 15.7 Å². The Hall–Kier alpha value is -1.07. The van der Waals surface area contributed by atoms with Crippen LogP contribution in [0.25, 0.3) is 0 Å². The van der Waals surface area contributed by atoms with E-state index in [2.05, 4.69) is 4.72 Å². The molecule has 4 nitrogen and oxygen atoms in total. The van der Waals surface area contributed by atoms with Crippen molar-refractivity contribution in [3.63, 3.8) is 0 Å². The van der Waals surface area contributed by atoms with Crippen molar-refractivity contribution in [2.45, 2.75) is 51.5 Å². The molecule has 0 saturated heterocycles. The van der Waals surface area contributed by atoms with E-state index in [0.717, 1.165) is 18.4 Å². The van der Waals surface area contributed by atoms with Crippen LogP contribution < -0.4 is 10.5 Å². The Balaban J connectivity index is 2.98. The zero-order chi connectivity index (χ0) is 14.6. The van der Waals surface area contributed by atoms with Crippen molar-refractivity contribution in [2.75, 3.05) is 5.73 Å². The van der Waals surface area contributed by atoms with Crippen LogP contribution in [0.5, 0.6) is 0 Å². The zero-order valence-corrected chi connectivity index (χ0v) is 12.9. The van der Waals surface area contributed by atoms with Gasteiger partial charge in [-0.25, -0.2) is 13.1 Å². The van der Waals surface area contributed by atoms with Crippen molar-refractivity contribution in [1.29, 1.82) is 0 Å². The smallest absolute Gasteiger partial charge is 0.240 e. The molecule has 0 spiro atoms. The lowest BCUT2D eigenvalue weighted by atomic mass is 10.0. The minimum atomic E-state index is -3.49. The Kier molecular flexibility index (Phi) is 5.38. The van der Waals surface area contributed by atoms with Crippen LogP contribution in [0.3, 0.4) is 0 Å². The van der Waals surface area contributed by atoms with Gasteiger partial charge in [0.25, 0.3) is 0 Å². The van der Waals surface area contributed by atoms with Gasteiger partial charge in [0.15, 0.2) is 0 Å². The first-order chi connectivity index (χ1) is 8.81. The van der Waals surface area contributed by atoms with Crippen molar-refractivity contribution < 1.29 is 8.42 Å². The van der Waals surface area contributed by atoms with Crippen molar-refractivity contribution in [2.24, 2.45) is 5.92 Å². The third-order valence-corrected chi connectivity index (χ3v) is 5.20. The van der Waals surface area contributed by atoms with Crippen molar-refractivity contribution in [3.05, 3.63) is 23.8 Å². The number of sulfonamides is 1. The Morgan fingerprint density at radius 3 is 2.37 bits per heavy atom. The third-order valence-electron chi connectivity index (χ3n) is 3.65. The van der Waals surface area contributed by atoms with Gasteiger partial charge in [0.05, 0.1) is 4.90 Å². The first-order valence-corrected chi connectivity index (χ1v) is 8.20. The number of nitrogens with one attached hydrogen (secondary N) is 1. The van der Waals surface area contributed by atoms with Gasteiger partial charge < -0.3 is 5.73 Å². The summed E-state index contributed by atoms with van der Waals surface area (Å²) in [4.78, 5) is 0.234. The van der Waals surface area contributed by atoms with Gasteiger partial charge in [-0.05, 0) is 37.0 Å². The van der Waals surface area contributed by atoms with Gasteiger partial charge in [-0.15, -0.1) is 0 Å². The molecule has 108 valence electrons. The maximum atomic E-state index is 12.2. The van der Waals surface area contributed by atoms with E-state index in [1.165, 1.54) is 6.07 Å². The quantitative estimate of drug-likeness (QED) is 0.789. The van der Waals surface area contributed by atoms with Gasteiger partial charge in [0.1, 0.15) is 0 Å². The summed E-state index contributed by atoms with van der Waals surface area (Å²) >= 11 is 0. The molecule has 0 heterocycles. The maximum absolute atomic E-state index is 12.2. The SMILES string of the molecule is CCc1ccc(S(=O)(=O)NC(C)C(C)CC)cc1N. The van der Waals surface area contributed by atoms with Crippen LogP contribution in [0, 0.1) is 5.92 Å². The molecule has 1 rings (SSSR count). The van der Waals surface area contributed by atoms with Crippen LogP contribution in [0.2, 0.25) is 0 Å². The molecule has 5 heteroatoms. The minimum absolute atomic E-state index is 0.0953. The fraction of sp³-hybridized carbons (Fsp3) is 0.571. The molecule has 0 bridgehead atoms. The van der Waals surface area contributed by atoms with Crippen LogP contribution in [0.15, 0.2) is 23.1 Å². The monoisotopic (exact) mass is 284 g/mol. The largest absolute Gasteiger partial charge is 0.398 e. The second-order valence-electron chi connectivity index (χ2n) is 5.01. The Bertz CT molecular complexity index is 526. The van der Waals surface area contributed by atoms with Crippen LogP contribution >= 0.6 is 0 Å². The number of benzene rings is 1. The first-order valence-electron chi connectivity index (χ1n) is 6.72. The number of hydrogen-bond donors (Lipinski definition) is 2. The van der Waals surface area contributed by atoms with E-state index in [4.69, 9.17) is 5.73 Å². The van der Waals surface area contributed by atoms with Crippen LogP contribution in [0.4, 0.5) is 5.69 Å². The van der Waals surface area contributed by atoms with E-state index < -0.39 is 10.0 Å². The second kappa shape index (κ2) is 6.39. The predicted octanol–water partition coefficient (Wildman–Crippen LogP) is 2.54. The molecule has 0 aliphatic rings. The van der Waals surface area contributed by atoms with Crippen molar-refractivity contribution in [1.82, 2.24) is 4.72 Å². The first kappa shape index (κ1) is 16.0. The molecule has 0 aliphatic heterocycles. The molecule has 1 aromatic carbocycles. The standard InChI is InChI=1S/C14H24N2O2S/c1-5-10(3)11(4)16-19(17,18)13-8-7-12(6-2)14(15)9-13/h7-11,16H,5-6,15H2,1-4H3. The molecule has 0 aliphatic carbocycles. The normalized spacial score (nSPS) is 15.2. The third kappa shape index (κ3) is 3.94. The summed E-state index contributed by atoms with van der Waals surface area (Å²) in [5, 5.41) is 0. The highest BCUT2D eigenvalue weighted by atomic mass is 32.2. The van der Waals surface area contributed by atoms with E-state index in [0.29, 0.717) is 11.6 Å². The molecule has 1 aromatic rings. The van der Waals surface area contributed by atoms with Crippen LogP contribution in [0.1, 0.15) is 39.7 Å². The Morgan fingerprint density at radius 2 is 1.89 bits per heavy atom. The number of aryl methyl sites for hydroxylation is 1. The molecule has 0 aromatic heterocycles. The fourth-order valence-corrected chi connectivity index (χ4v) is 3.23. The number of hydrogen-bond acceptors (Lipinski definition) is 3. The average Bonchev–Trinajstić information content (AvgIpc) is 2.37. The Morgan fingerprint density at radius 1 is 1.26 bits per heavy atom. The molecule has 19 heavy (non-hydrogen) atoms. The van der Waals surface area contributed by atoms with Gasteiger partial charge in [-0.1, -0.05) is 33.3 Å². The second-order valence-corrected chi connectivity index (χ2v) is 6.72. The highest BCUT2D eigenvalue weighted by molar-refractivity contribution is 7.89. The van der Waals surface area contributed by atoms with E-state index in [1.54, 1.807) is 12.1 Å². The summed E-state index contributed by atoms with van der Waals surface area (Å²) in [6, 6.07) is 4.82. The summed E-state index contributed by atoms with van der Waals surface area (Å²) in [7, 11) is -3.49. The molecule has 0 fully saturated rings. The number of anilines is 1. The number of nitrogen functional groups attached to an aromatic ring is 1. The lowest BCUT2D eigenvalue weighted by Crippen LogP contribution is -2.36. The van der Waals surface area contributed by atoms with Gasteiger partial charge in [0, 0.05) is 11.7 Å². The molecule has 2 unspecified atom stereocenters. The molecule has 3 N–H and O–H groups in total. The van der Waals surface area contributed by atoms with Gasteiger partial charge in [-0.3, -0.25) is 0 Å². The molecule has 0 radical (unpaired) electrons. The number of nitrogens with two attached hydrogens (primary N) is 1. The van der Waals surface area contributed by atoms with E-state index in [9.17, 15) is 8.42 Å². The predicted molar refractivity (Wildman–Crippen MR) is 79.5 cm³/mol. The minimum Gasteiger partial charge on any atom is -0.398 e. The zero-order valence-electron chi connectivity index (χ0n) is 12.1. The van der Waals surface area contributed by atoms with Crippen LogP contribution in [-0.2, 0) is 16.4 Å². The van der Waals surface area contributed by atoms with Crippen LogP contribution in [-0.4, -0.2) is 14.5 Å². The van der Waals surface area contributed by atoms with Gasteiger partial charge >= 0.3 is 0 Å². The van der Waals surface area contributed by atoms with Gasteiger partial charge in [0.2, 0.25) is 10.0 Å². The van der Waals surface area contributed by atoms with Gasteiger partial charge in [-0.2, -0.15) is 0 Å². The number of rotatable bonds is 6. The summed E-state index contributed by atoms with van der Waals surface area (Å²) < 4.78 is 27.2. The van der Waals surface area contributed by atoms with E-state index in [-0.39, 0.29) is 10.9 Å². The summed E-state index contributed by atoms with van der Waals surface area (Å²) in [5.41, 5.74) is 7.35. The van der Waals surface area contributed by atoms with E-state index in [1.807, 2.05) is 27.7 Å². The summed E-state index contributed by atoms with van der Waals surface area (Å²) in [5.74, 6) is 0.294. The summed E-state index contributed by atoms with van der Waals surface area (Å²) in [6.45, 7) is 7.95. The van der Waals surface area contributed by atoms with E-state index >= 15 is 0 Å². The highest BCUT2D eigenvalue weighted by Gasteiger charge is 2.20. The lowest BCUT2D eigenvalue weighted by molar-refractivity contribution is 0.434. The highest BCUT2D eigenvalue weighted by Crippen LogP contribution is 2.19. The fourth-order valence-electron chi connectivity index (χ4n) is 1.84. The maximum Gasteiger partial charge on any atom is 0.240 e. The topological polar surface area (TPSA) is 72.2 Å². The van der Waals surface area contributed by atoms with Crippen molar-refractivity contribution in [3.8, 4) is 0 Å².